The Morgan fingerprint density at radius 2 is 0.787 bits per heavy atom. The van der Waals surface area contributed by atoms with Gasteiger partial charge in [-0.3, -0.25) is 4.79 Å². The zero-order valence-electron chi connectivity index (χ0n) is 55.1. The van der Waals surface area contributed by atoms with E-state index in [2.05, 4.69) is 141 Å². The smallest absolute Gasteiger partial charge is 0.220 e. The molecule has 0 spiro atoms. The van der Waals surface area contributed by atoms with E-state index in [9.17, 15) is 45.6 Å². The van der Waals surface area contributed by atoms with Crippen LogP contribution in [0, 0.1) is 0 Å². The Balaban J connectivity index is 1.71. The molecule has 12 unspecified atom stereocenters. The van der Waals surface area contributed by atoms with Crippen LogP contribution in [-0.4, -0.2) is 140 Å². The third-order valence-corrected chi connectivity index (χ3v) is 16.0. The Morgan fingerprint density at radius 1 is 0.416 bits per heavy atom. The van der Waals surface area contributed by atoms with Crippen molar-refractivity contribution in [3.63, 3.8) is 0 Å². The third kappa shape index (κ3) is 42.1. The summed E-state index contributed by atoms with van der Waals surface area (Å²) in [6, 6.07) is -0.954. The Hall–Kier alpha value is -3.87. The summed E-state index contributed by atoms with van der Waals surface area (Å²) in [5.41, 5.74) is 0. The van der Waals surface area contributed by atoms with E-state index < -0.39 is 86.8 Å². The average molecular weight is 1250 g/mol. The van der Waals surface area contributed by atoms with Crippen LogP contribution in [0.15, 0.2) is 134 Å². The molecule has 89 heavy (non-hydrogen) atoms. The molecule has 2 aliphatic rings. The van der Waals surface area contributed by atoms with Gasteiger partial charge in [-0.05, 0) is 109 Å². The number of nitrogens with one attached hydrogen (secondary N) is 1. The van der Waals surface area contributed by atoms with Gasteiger partial charge in [0, 0.05) is 6.42 Å². The van der Waals surface area contributed by atoms with Gasteiger partial charge < -0.3 is 65.1 Å². The molecule has 2 saturated heterocycles. The van der Waals surface area contributed by atoms with E-state index in [-0.39, 0.29) is 18.9 Å². The first-order chi connectivity index (χ1) is 43.6. The molecule has 2 heterocycles. The van der Waals surface area contributed by atoms with Gasteiger partial charge in [-0.2, -0.15) is 0 Å². The molecule has 2 aliphatic heterocycles. The monoisotopic (exact) mass is 1250 g/mol. The highest BCUT2D eigenvalue weighted by Gasteiger charge is 2.51. The highest BCUT2D eigenvalue weighted by atomic mass is 16.7. The first kappa shape index (κ1) is 81.2. The number of aliphatic hydroxyl groups excluding tert-OH is 8. The maximum atomic E-state index is 13.3. The van der Waals surface area contributed by atoms with Crippen LogP contribution in [0.4, 0.5) is 0 Å². The summed E-state index contributed by atoms with van der Waals surface area (Å²) in [7, 11) is 0. The minimum Gasteiger partial charge on any atom is -0.394 e. The molecule has 14 heteroatoms. The molecular weight excluding hydrogens is 1120 g/mol. The number of unbranched alkanes of at least 4 members (excludes halogenated alkanes) is 22. The summed E-state index contributed by atoms with van der Waals surface area (Å²) in [6.45, 7) is 2.65. The normalized spacial score (nSPS) is 23.9. The molecule has 0 radical (unpaired) electrons. The first-order valence-electron chi connectivity index (χ1n) is 34.9. The number of hydrogen-bond acceptors (Lipinski definition) is 13. The second-order valence-corrected chi connectivity index (χ2v) is 23.9. The highest BCUT2D eigenvalue weighted by Crippen LogP contribution is 2.30. The lowest BCUT2D eigenvalue weighted by molar-refractivity contribution is -0.359. The average Bonchev–Trinajstić information content (AvgIpc) is 2.75. The SMILES string of the molecule is CC/C=C\C/C=C\C/C=C\C/C=C\C/C=C\C/C=C\C/C=C\C/C=C\CCCCCCCCCCC(=O)NC(COC1OC(CO)C(OC2OC(CO)C(O)C(O)C2O)C(O)C1O)C(O)/C=C/CC/C=C/CC/C=C/CCCCCCCCCCCCCC. The molecule has 0 aromatic rings. The van der Waals surface area contributed by atoms with E-state index in [0.717, 1.165) is 109 Å². The molecule has 14 nitrogen and oxygen atoms in total. The molecule has 508 valence electrons. The van der Waals surface area contributed by atoms with Gasteiger partial charge in [-0.15, -0.1) is 0 Å². The molecule has 9 N–H and O–H groups in total. The number of carbonyl (C=O) groups is 1. The van der Waals surface area contributed by atoms with Gasteiger partial charge in [-0.25, -0.2) is 0 Å². The van der Waals surface area contributed by atoms with E-state index in [0.29, 0.717) is 12.8 Å². The number of rotatable bonds is 55. The van der Waals surface area contributed by atoms with Crippen LogP contribution >= 0.6 is 0 Å². The molecule has 0 bridgehead atoms. The largest absolute Gasteiger partial charge is 0.394 e. The van der Waals surface area contributed by atoms with E-state index in [1.807, 2.05) is 6.08 Å². The van der Waals surface area contributed by atoms with Crippen LogP contribution in [0.1, 0.15) is 239 Å². The minimum absolute atomic E-state index is 0.251. The van der Waals surface area contributed by atoms with Gasteiger partial charge in [0.05, 0.1) is 32.0 Å². The second kappa shape index (κ2) is 58.0. The van der Waals surface area contributed by atoms with Gasteiger partial charge in [0.25, 0.3) is 0 Å². The summed E-state index contributed by atoms with van der Waals surface area (Å²) in [6.07, 6.45) is 69.2. The zero-order chi connectivity index (χ0) is 64.5. The minimum atomic E-state index is -1.80. The Bertz CT molecular complexity index is 2010. The summed E-state index contributed by atoms with van der Waals surface area (Å²) in [5.74, 6) is -0.267. The number of amides is 1. The predicted octanol–water partition coefficient (Wildman–Crippen LogP) is 14.3. The molecule has 2 rings (SSSR count). The lowest BCUT2D eigenvalue weighted by atomic mass is 9.97. The maximum Gasteiger partial charge on any atom is 0.220 e. The molecule has 12 atom stereocenters. The zero-order valence-corrected chi connectivity index (χ0v) is 55.1. The summed E-state index contributed by atoms with van der Waals surface area (Å²) in [4.78, 5) is 13.3. The lowest BCUT2D eigenvalue weighted by Crippen LogP contribution is -2.65. The van der Waals surface area contributed by atoms with Crippen LogP contribution in [0.2, 0.25) is 0 Å². The van der Waals surface area contributed by atoms with E-state index in [1.54, 1.807) is 6.08 Å². The van der Waals surface area contributed by atoms with Crippen LogP contribution in [0.25, 0.3) is 0 Å². The molecular formula is C75H125NO13. The van der Waals surface area contributed by atoms with Crippen LogP contribution < -0.4 is 5.32 Å². The van der Waals surface area contributed by atoms with Crippen molar-refractivity contribution in [3.8, 4) is 0 Å². The van der Waals surface area contributed by atoms with Crippen molar-refractivity contribution in [1.29, 1.82) is 0 Å². The number of hydrogen-bond donors (Lipinski definition) is 9. The van der Waals surface area contributed by atoms with Crippen molar-refractivity contribution < 1.29 is 64.6 Å². The molecule has 2 fully saturated rings. The maximum absolute atomic E-state index is 13.3. The van der Waals surface area contributed by atoms with Crippen molar-refractivity contribution in [2.45, 2.75) is 312 Å². The van der Waals surface area contributed by atoms with E-state index >= 15 is 0 Å². The van der Waals surface area contributed by atoms with Crippen molar-refractivity contribution in [2.75, 3.05) is 19.8 Å². The Kier molecular flexibility index (Phi) is 52.9. The first-order valence-corrected chi connectivity index (χ1v) is 34.9. The van der Waals surface area contributed by atoms with Crippen molar-refractivity contribution in [1.82, 2.24) is 5.32 Å². The van der Waals surface area contributed by atoms with Crippen LogP contribution in [-0.2, 0) is 23.7 Å². The molecule has 0 aromatic carbocycles. The van der Waals surface area contributed by atoms with Gasteiger partial charge in [-0.1, -0.05) is 257 Å². The number of allylic oxidation sites excluding steroid dienone is 21. The summed E-state index contributed by atoms with van der Waals surface area (Å²) >= 11 is 0. The Labute approximate surface area is 539 Å². The van der Waals surface area contributed by atoms with Gasteiger partial charge in [0.2, 0.25) is 5.91 Å². The summed E-state index contributed by atoms with van der Waals surface area (Å²) < 4.78 is 22.8. The molecule has 1 amide bonds. The summed E-state index contributed by atoms with van der Waals surface area (Å²) in [5, 5.41) is 87.4. The number of ether oxygens (including phenoxy) is 4. The van der Waals surface area contributed by atoms with Gasteiger partial charge in [0.1, 0.15) is 48.8 Å². The van der Waals surface area contributed by atoms with Crippen LogP contribution in [0.3, 0.4) is 0 Å². The molecule has 0 saturated carbocycles. The third-order valence-electron chi connectivity index (χ3n) is 16.0. The fourth-order valence-electron chi connectivity index (χ4n) is 10.5. The fraction of sp³-hybridized carbons (Fsp3) is 0.693. The van der Waals surface area contributed by atoms with Gasteiger partial charge in [0.15, 0.2) is 12.6 Å². The van der Waals surface area contributed by atoms with Crippen molar-refractivity contribution in [3.05, 3.63) is 134 Å². The van der Waals surface area contributed by atoms with Gasteiger partial charge >= 0.3 is 0 Å². The molecule has 0 aliphatic carbocycles. The second-order valence-electron chi connectivity index (χ2n) is 23.9. The number of aliphatic hydroxyl groups is 8. The molecule has 0 aromatic heterocycles. The van der Waals surface area contributed by atoms with Crippen molar-refractivity contribution >= 4 is 5.91 Å². The van der Waals surface area contributed by atoms with Crippen molar-refractivity contribution in [2.24, 2.45) is 0 Å². The highest BCUT2D eigenvalue weighted by molar-refractivity contribution is 5.76. The quantitative estimate of drug-likeness (QED) is 0.0204. The topological polar surface area (TPSA) is 228 Å². The number of carbonyl (C=O) groups excluding carboxylic acids is 1. The van der Waals surface area contributed by atoms with E-state index in [4.69, 9.17) is 18.9 Å². The lowest BCUT2D eigenvalue weighted by Gasteiger charge is -2.46. The standard InChI is InChI=1S/C75H125NO13/c1-3-5-7-9-11-13-15-17-19-21-23-25-27-28-29-30-31-32-33-34-35-36-37-39-41-43-45-47-49-51-53-55-57-59-67(80)76-63(62-86-74-72(85)70(83)73(66(61-78)88-74)89-75-71(84)69(82)68(81)65(60-77)87-75)64(79)58-56-54-52-50-48-46-44-42-40-38-26-24-22-20-18-16-14-12-10-8-6-4-2/h5,7,11,13,17,19,23,25,28-29,31-32,34-35,37,39-40,42,48,50,56,58,63-66,68-75,77-79,81-85H,3-4,6,8-10,12,14-16,18,20-22,24,26-27,30,33,36,38,41,43-47,49,51-55,57,59-62H2,1-2H3,(H,76,80)/b7-5-,13-11-,19-17-,25-23-,29-28-,32-31-,35-34-,39-37-,42-40+,50-48+,58-56+. The van der Waals surface area contributed by atoms with E-state index in [1.165, 1.54) is 96.3 Å². The Morgan fingerprint density at radius 3 is 1.24 bits per heavy atom. The fourth-order valence-corrected chi connectivity index (χ4v) is 10.5. The van der Waals surface area contributed by atoms with Crippen LogP contribution in [0.5, 0.6) is 0 Å². The predicted molar refractivity (Wildman–Crippen MR) is 364 cm³/mol.